The molecule has 0 aromatic carbocycles. The standard InChI is InChI=1S/C9H13BrO/c1-8(2)9(11)6-4-3-5-7-10/h8H,3,5,7H2,1-2H3. The van der Waals surface area contributed by atoms with Crippen LogP contribution >= 0.6 is 15.9 Å². The maximum absolute atomic E-state index is 10.9. The molecule has 0 rings (SSSR count). The van der Waals surface area contributed by atoms with Crippen molar-refractivity contribution in [3.63, 3.8) is 0 Å². The smallest absolute Gasteiger partial charge is 0.207 e. The summed E-state index contributed by atoms with van der Waals surface area (Å²) in [5.41, 5.74) is 0. The number of carbonyl (C=O) groups excluding carboxylic acids is 1. The summed E-state index contributed by atoms with van der Waals surface area (Å²) in [7, 11) is 0. The van der Waals surface area contributed by atoms with Gasteiger partial charge >= 0.3 is 0 Å². The summed E-state index contributed by atoms with van der Waals surface area (Å²) in [5, 5.41) is 0.956. The minimum atomic E-state index is 0.0413. The number of alkyl halides is 1. The van der Waals surface area contributed by atoms with E-state index in [2.05, 4.69) is 27.8 Å². The van der Waals surface area contributed by atoms with Gasteiger partial charge in [0.1, 0.15) is 0 Å². The Labute approximate surface area is 76.7 Å². The number of carbonyl (C=O) groups is 1. The number of ketones is 1. The largest absolute Gasteiger partial charge is 0.285 e. The quantitative estimate of drug-likeness (QED) is 0.307. The van der Waals surface area contributed by atoms with E-state index >= 15 is 0 Å². The SMILES string of the molecule is CC(C)C(=O)C#CCCCBr. The second kappa shape index (κ2) is 6.42. The maximum Gasteiger partial charge on any atom is 0.207 e. The molecule has 0 unspecified atom stereocenters. The van der Waals surface area contributed by atoms with Gasteiger partial charge in [-0.2, -0.15) is 0 Å². The average Bonchev–Trinajstić information content (AvgIpc) is 1.97. The zero-order chi connectivity index (χ0) is 8.69. The summed E-state index contributed by atoms with van der Waals surface area (Å²) in [5.74, 6) is 5.53. The maximum atomic E-state index is 10.9. The molecule has 11 heavy (non-hydrogen) atoms. The summed E-state index contributed by atoms with van der Waals surface area (Å²) in [4.78, 5) is 10.9. The van der Waals surface area contributed by atoms with Gasteiger partial charge in [0.2, 0.25) is 5.78 Å². The molecule has 0 heterocycles. The summed E-state index contributed by atoms with van der Waals surface area (Å²) in [6, 6.07) is 0. The molecule has 0 saturated carbocycles. The van der Waals surface area contributed by atoms with Crippen molar-refractivity contribution in [2.45, 2.75) is 26.7 Å². The molecule has 0 aromatic heterocycles. The van der Waals surface area contributed by atoms with E-state index in [1.54, 1.807) is 0 Å². The Bertz CT molecular complexity index is 174. The second-order valence-electron chi connectivity index (χ2n) is 2.61. The van der Waals surface area contributed by atoms with Crippen LogP contribution in [0.1, 0.15) is 26.7 Å². The van der Waals surface area contributed by atoms with Gasteiger partial charge in [-0.15, -0.1) is 0 Å². The van der Waals surface area contributed by atoms with Crippen molar-refractivity contribution in [1.82, 2.24) is 0 Å². The first-order chi connectivity index (χ1) is 5.18. The van der Waals surface area contributed by atoms with Crippen molar-refractivity contribution in [2.24, 2.45) is 5.92 Å². The van der Waals surface area contributed by atoms with Crippen LogP contribution < -0.4 is 0 Å². The van der Waals surface area contributed by atoms with E-state index < -0.39 is 0 Å². The summed E-state index contributed by atoms with van der Waals surface area (Å²) < 4.78 is 0. The molecule has 0 bridgehead atoms. The van der Waals surface area contributed by atoms with Crippen LogP contribution in [0.3, 0.4) is 0 Å². The Morgan fingerprint density at radius 3 is 2.64 bits per heavy atom. The molecule has 0 aromatic rings. The van der Waals surface area contributed by atoms with E-state index in [1.807, 2.05) is 13.8 Å². The highest BCUT2D eigenvalue weighted by atomic mass is 79.9. The van der Waals surface area contributed by atoms with Crippen LogP contribution in [-0.2, 0) is 4.79 Å². The molecule has 1 nitrogen and oxygen atoms in total. The Morgan fingerprint density at radius 2 is 2.18 bits per heavy atom. The van der Waals surface area contributed by atoms with E-state index in [0.29, 0.717) is 0 Å². The first-order valence-electron chi connectivity index (χ1n) is 3.77. The lowest BCUT2D eigenvalue weighted by atomic mass is 10.1. The predicted molar refractivity (Wildman–Crippen MR) is 50.6 cm³/mol. The van der Waals surface area contributed by atoms with Crippen LogP contribution in [0.5, 0.6) is 0 Å². The van der Waals surface area contributed by atoms with Gasteiger partial charge in [0.25, 0.3) is 0 Å². The Kier molecular flexibility index (Phi) is 6.25. The fourth-order valence-corrected chi connectivity index (χ4v) is 0.730. The average molecular weight is 217 g/mol. The third kappa shape index (κ3) is 6.12. The number of unbranched alkanes of at least 4 members (excludes halogenated alkanes) is 1. The molecule has 0 atom stereocenters. The van der Waals surface area contributed by atoms with E-state index in [9.17, 15) is 4.79 Å². The van der Waals surface area contributed by atoms with Crippen molar-refractivity contribution in [3.05, 3.63) is 0 Å². The zero-order valence-electron chi connectivity index (χ0n) is 6.98. The van der Waals surface area contributed by atoms with Crippen LogP contribution in [0.25, 0.3) is 0 Å². The van der Waals surface area contributed by atoms with Crippen LogP contribution in [0.15, 0.2) is 0 Å². The van der Waals surface area contributed by atoms with Crippen molar-refractivity contribution in [1.29, 1.82) is 0 Å². The topological polar surface area (TPSA) is 17.1 Å². The highest BCUT2D eigenvalue weighted by molar-refractivity contribution is 9.09. The van der Waals surface area contributed by atoms with Gasteiger partial charge in [0, 0.05) is 17.7 Å². The molecule has 0 radical (unpaired) electrons. The fraction of sp³-hybridized carbons (Fsp3) is 0.667. The Balaban J connectivity index is 3.60. The first-order valence-corrected chi connectivity index (χ1v) is 4.89. The van der Waals surface area contributed by atoms with Gasteiger partial charge in [-0.25, -0.2) is 0 Å². The molecule has 0 spiro atoms. The highest BCUT2D eigenvalue weighted by Crippen LogP contribution is 1.94. The van der Waals surface area contributed by atoms with Crippen LogP contribution in [0.2, 0.25) is 0 Å². The highest BCUT2D eigenvalue weighted by Gasteiger charge is 2.00. The van der Waals surface area contributed by atoms with Crippen molar-refractivity contribution < 1.29 is 4.79 Å². The third-order valence-corrected chi connectivity index (χ3v) is 1.73. The summed E-state index contributed by atoms with van der Waals surface area (Å²) >= 11 is 3.29. The first kappa shape index (κ1) is 10.7. The number of halogens is 1. The lowest BCUT2D eigenvalue weighted by Crippen LogP contribution is -2.02. The molecule has 0 aliphatic carbocycles. The van der Waals surface area contributed by atoms with Gasteiger partial charge < -0.3 is 0 Å². The molecule has 2 heteroatoms. The fourth-order valence-electron chi connectivity index (χ4n) is 0.449. The lowest BCUT2D eigenvalue weighted by molar-refractivity contribution is -0.116. The van der Waals surface area contributed by atoms with Crippen molar-refractivity contribution in [2.75, 3.05) is 5.33 Å². The monoisotopic (exact) mass is 216 g/mol. The van der Waals surface area contributed by atoms with Crippen LogP contribution in [-0.4, -0.2) is 11.1 Å². The molecule has 0 aliphatic heterocycles. The van der Waals surface area contributed by atoms with Crippen molar-refractivity contribution >= 4 is 21.7 Å². The Morgan fingerprint density at radius 1 is 1.55 bits per heavy atom. The molecule has 0 saturated heterocycles. The normalized spacial score (nSPS) is 9.09. The lowest BCUT2D eigenvalue weighted by Gasteiger charge is -1.92. The van der Waals surface area contributed by atoms with Gasteiger partial charge in [-0.05, 0) is 12.3 Å². The number of Topliss-reactive ketones (excluding diaryl/α,β-unsaturated/α-hetero) is 1. The minimum Gasteiger partial charge on any atom is -0.285 e. The van der Waals surface area contributed by atoms with Gasteiger partial charge in [-0.3, -0.25) is 4.79 Å². The van der Waals surface area contributed by atoms with E-state index in [0.717, 1.165) is 18.2 Å². The molecule has 62 valence electrons. The summed E-state index contributed by atoms with van der Waals surface area (Å²) in [6.07, 6.45) is 1.82. The molecule has 0 aliphatic rings. The van der Waals surface area contributed by atoms with Gasteiger partial charge in [0.15, 0.2) is 0 Å². The van der Waals surface area contributed by atoms with Crippen molar-refractivity contribution in [3.8, 4) is 11.8 Å². The van der Waals surface area contributed by atoms with E-state index in [-0.39, 0.29) is 11.7 Å². The van der Waals surface area contributed by atoms with E-state index in [1.165, 1.54) is 0 Å². The summed E-state index contributed by atoms with van der Waals surface area (Å²) in [6.45, 7) is 3.73. The molecule has 0 N–H and O–H groups in total. The van der Waals surface area contributed by atoms with Gasteiger partial charge in [0.05, 0.1) is 0 Å². The molecule has 0 amide bonds. The number of rotatable bonds is 3. The van der Waals surface area contributed by atoms with E-state index in [4.69, 9.17) is 0 Å². The molecular formula is C9H13BrO. The van der Waals surface area contributed by atoms with Crippen LogP contribution in [0, 0.1) is 17.8 Å². The van der Waals surface area contributed by atoms with Gasteiger partial charge in [-0.1, -0.05) is 35.7 Å². The van der Waals surface area contributed by atoms with Crippen LogP contribution in [0.4, 0.5) is 0 Å². The molecular weight excluding hydrogens is 204 g/mol. The third-order valence-electron chi connectivity index (χ3n) is 1.17. The number of hydrogen-bond donors (Lipinski definition) is 0. The Hall–Kier alpha value is -0.290. The minimum absolute atomic E-state index is 0.0413. The zero-order valence-corrected chi connectivity index (χ0v) is 8.57. The predicted octanol–water partition coefficient (Wildman–Crippen LogP) is 2.39. The second-order valence-corrected chi connectivity index (χ2v) is 3.41. The number of hydrogen-bond acceptors (Lipinski definition) is 1. The molecule has 0 fully saturated rings.